The molecule has 0 aliphatic rings. The number of phenols is 1. The predicted molar refractivity (Wildman–Crippen MR) is 80.0 cm³/mol. The number of anilines is 1. The number of phenolic OH excluding ortho intramolecular Hbond substituents is 1. The third-order valence-corrected chi connectivity index (χ3v) is 3.20. The van der Waals surface area contributed by atoms with Gasteiger partial charge in [0.2, 0.25) is 0 Å². The number of amides is 1. The lowest BCUT2D eigenvalue weighted by Gasteiger charge is -2.12. The first-order chi connectivity index (χ1) is 9.61. The minimum absolute atomic E-state index is 0.0940. The van der Waals surface area contributed by atoms with E-state index in [9.17, 15) is 9.90 Å². The van der Waals surface area contributed by atoms with Gasteiger partial charge in [0.05, 0.1) is 0 Å². The van der Waals surface area contributed by atoms with Gasteiger partial charge in [-0.2, -0.15) is 0 Å². The van der Waals surface area contributed by atoms with E-state index in [0.717, 1.165) is 16.8 Å². The Morgan fingerprint density at radius 3 is 2.65 bits per heavy atom. The SMILES string of the molecule is CNC(=O)c1cccc(NCc2cccc(O)c2)c1C. The van der Waals surface area contributed by atoms with Gasteiger partial charge in [-0.1, -0.05) is 18.2 Å². The predicted octanol–water partition coefficient (Wildman–Crippen LogP) is 2.67. The Kier molecular flexibility index (Phi) is 4.25. The standard InChI is InChI=1S/C16H18N2O2/c1-11-14(16(20)17-2)7-4-8-15(11)18-10-12-5-3-6-13(19)9-12/h3-9,18-19H,10H2,1-2H3,(H,17,20). The molecule has 3 N–H and O–H groups in total. The quantitative estimate of drug-likeness (QED) is 0.800. The summed E-state index contributed by atoms with van der Waals surface area (Å²) in [7, 11) is 1.62. The van der Waals surface area contributed by atoms with Crippen LogP contribution >= 0.6 is 0 Å². The highest BCUT2D eigenvalue weighted by molar-refractivity contribution is 5.96. The maximum absolute atomic E-state index is 11.7. The molecule has 20 heavy (non-hydrogen) atoms. The number of carbonyl (C=O) groups is 1. The van der Waals surface area contributed by atoms with E-state index in [1.165, 1.54) is 0 Å². The molecule has 4 nitrogen and oxygen atoms in total. The molecule has 104 valence electrons. The fourth-order valence-electron chi connectivity index (χ4n) is 2.07. The van der Waals surface area contributed by atoms with Crippen LogP contribution in [0.4, 0.5) is 5.69 Å². The third-order valence-electron chi connectivity index (χ3n) is 3.20. The van der Waals surface area contributed by atoms with Crippen molar-refractivity contribution >= 4 is 11.6 Å². The summed E-state index contributed by atoms with van der Waals surface area (Å²) in [5.74, 6) is 0.156. The van der Waals surface area contributed by atoms with Crippen molar-refractivity contribution in [3.8, 4) is 5.75 Å². The minimum Gasteiger partial charge on any atom is -0.508 e. The molecule has 0 unspecified atom stereocenters. The van der Waals surface area contributed by atoms with Crippen molar-refractivity contribution in [1.82, 2.24) is 5.32 Å². The largest absolute Gasteiger partial charge is 0.508 e. The summed E-state index contributed by atoms with van der Waals surface area (Å²) in [4.78, 5) is 11.7. The van der Waals surface area contributed by atoms with Gasteiger partial charge in [0.1, 0.15) is 5.75 Å². The summed E-state index contributed by atoms with van der Waals surface area (Å²) in [6, 6.07) is 12.7. The second-order valence-corrected chi connectivity index (χ2v) is 4.58. The van der Waals surface area contributed by atoms with E-state index in [2.05, 4.69) is 10.6 Å². The molecule has 0 aliphatic carbocycles. The summed E-state index contributed by atoms with van der Waals surface area (Å²) in [5.41, 5.74) is 3.46. The van der Waals surface area contributed by atoms with Crippen LogP contribution in [-0.4, -0.2) is 18.1 Å². The fraction of sp³-hybridized carbons (Fsp3) is 0.188. The summed E-state index contributed by atoms with van der Waals surface area (Å²) >= 11 is 0. The van der Waals surface area contributed by atoms with Crippen LogP contribution in [0.5, 0.6) is 5.75 Å². The van der Waals surface area contributed by atoms with Gasteiger partial charge in [0, 0.05) is 24.8 Å². The van der Waals surface area contributed by atoms with Crippen LogP contribution in [0.1, 0.15) is 21.5 Å². The second-order valence-electron chi connectivity index (χ2n) is 4.58. The van der Waals surface area contributed by atoms with E-state index in [-0.39, 0.29) is 11.7 Å². The smallest absolute Gasteiger partial charge is 0.251 e. The molecule has 0 heterocycles. The van der Waals surface area contributed by atoms with Crippen LogP contribution in [0, 0.1) is 6.92 Å². The number of aromatic hydroxyl groups is 1. The van der Waals surface area contributed by atoms with Crippen molar-refractivity contribution in [1.29, 1.82) is 0 Å². The van der Waals surface area contributed by atoms with Crippen LogP contribution in [0.15, 0.2) is 42.5 Å². The zero-order valence-corrected chi connectivity index (χ0v) is 11.6. The first-order valence-corrected chi connectivity index (χ1v) is 6.45. The molecule has 0 radical (unpaired) electrons. The molecule has 0 aliphatic heterocycles. The van der Waals surface area contributed by atoms with Crippen LogP contribution in [0.25, 0.3) is 0 Å². The molecule has 0 bridgehead atoms. The topological polar surface area (TPSA) is 61.4 Å². The molecule has 0 fully saturated rings. The zero-order chi connectivity index (χ0) is 14.5. The number of rotatable bonds is 4. The Bertz CT molecular complexity index is 624. The van der Waals surface area contributed by atoms with E-state index in [1.54, 1.807) is 31.3 Å². The van der Waals surface area contributed by atoms with E-state index in [1.807, 2.05) is 25.1 Å². The van der Waals surface area contributed by atoms with Crippen LogP contribution in [0.2, 0.25) is 0 Å². The van der Waals surface area contributed by atoms with E-state index >= 15 is 0 Å². The van der Waals surface area contributed by atoms with Crippen molar-refractivity contribution in [2.45, 2.75) is 13.5 Å². The average Bonchev–Trinajstić information content (AvgIpc) is 2.45. The lowest BCUT2D eigenvalue weighted by Crippen LogP contribution is -2.19. The number of nitrogens with one attached hydrogen (secondary N) is 2. The Morgan fingerprint density at radius 1 is 1.20 bits per heavy atom. The van der Waals surface area contributed by atoms with Gasteiger partial charge in [-0.25, -0.2) is 0 Å². The van der Waals surface area contributed by atoms with Crippen molar-refractivity contribution in [3.05, 3.63) is 59.2 Å². The Labute approximate surface area is 118 Å². The second kappa shape index (κ2) is 6.10. The molecule has 0 atom stereocenters. The number of hydrogen-bond donors (Lipinski definition) is 3. The van der Waals surface area contributed by atoms with Crippen molar-refractivity contribution in [2.24, 2.45) is 0 Å². The van der Waals surface area contributed by atoms with Crippen molar-refractivity contribution in [3.63, 3.8) is 0 Å². The fourth-order valence-corrected chi connectivity index (χ4v) is 2.07. The van der Waals surface area contributed by atoms with Gasteiger partial charge in [-0.3, -0.25) is 4.79 Å². The van der Waals surface area contributed by atoms with Gasteiger partial charge in [-0.05, 0) is 42.3 Å². The molecule has 0 saturated heterocycles. The highest BCUT2D eigenvalue weighted by Crippen LogP contribution is 2.20. The Morgan fingerprint density at radius 2 is 1.95 bits per heavy atom. The molecular formula is C16H18N2O2. The summed E-state index contributed by atoms with van der Waals surface area (Å²) in [5, 5.41) is 15.3. The monoisotopic (exact) mass is 270 g/mol. The van der Waals surface area contributed by atoms with Gasteiger partial charge < -0.3 is 15.7 Å². The summed E-state index contributed by atoms with van der Waals surface area (Å²) < 4.78 is 0. The molecule has 2 aromatic carbocycles. The molecule has 1 amide bonds. The summed E-state index contributed by atoms with van der Waals surface area (Å²) in [6.07, 6.45) is 0. The molecule has 0 aromatic heterocycles. The first-order valence-electron chi connectivity index (χ1n) is 6.45. The van der Waals surface area contributed by atoms with Crippen LogP contribution in [0.3, 0.4) is 0 Å². The minimum atomic E-state index is -0.0940. The molecule has 2 rings (SSSR count). The lowest BCUT2D eigenvalue weighted by atomic mass is 10.1. The maximum atomic E-state index is 11.7. The normalized spacial score (nSPS) is 10.1. The molecule has 0 spiro atoms. The van der Waals surface area contributed by atoms with Crippen molar-refractivity contribution in [2.75, 3.05) is 12.4 Å². The average molecular weight is 270 g/mol. The van der Waals surface area contributed by atoms with Gasteiger partial charge in [0.15, 0.2) is 0 Å². The Hall–Kier alpha value is -2.49. The summed E-state index contributed by atoms with van der Waals surface area (Å²) in [6.45, 7) is 2.50. The highest BCUT2D eigenvalue weighted by atomic mass is 16.3. The number of benzene rings is 2. The van der Waals surface area contributed by atoms with E-state index < -0.39 is 0 Å². The van der Waals surface area contributed by atoms with Crippen molar-refractivity contribution < 1.29 is 9.90 Å². The van der Waals surface area contributed by atoms with Crippen LogP contribution in [-0.2, 0) is 6.54 Å². The van der Waals surface area contributed by atoms with Gasteiger partial charge in [0.25, 0.3) is 5.91 Å². The molecule has 2 aromatic rings. The first kappa shape index (κ1) is 13.9. The molecule has 4 heteroatoms. The van der Waals surface area contributed by atoms with E-state index in [0.29, 0.717) is 12.1 Å². The zero-order valence-electron chi connectivity index (χ0n) is 11.6. The van der Waals surface area contributed by atoms with Gasteiger partial charge >= 0.3 is 0 Å². The number of hydrogen-bond acceptors (Lipinski definition) is 3. The van der Waals surface area contributed by atoms with Gasteiger partial charge in [-0.15, -0.1) is 0 Å². The third kappa shape index (κ3) is 3.09. The van der Waals surface area contributed by atoms with E-state index in [4.69, 9.17) is 0 Å². The molecular weight excluding hydrogens is 252 g/mol. The van der Waals surface area contributed by atoms with Crippen LogP contribution < -0.4 is 10.6 Å². The molecule has 0 saturated carbocycles. The lowest BCUT2D eigenvalue weighted by molar-refractivity contribution is 0.0962. The maximum Gasteiger partial charge on any atom is 0.251 e. The highest BCUT2D eigenvalue weighted by Gasteiger charge is 2.09. The number of carbonyl (C=O) groups excluding carboxylic acids is 1. The Balaban J connectivity index is 2.16.